The number of nitrogens with zero attached hydrogens (tertiary/aromatic N) is 3. The highest BCUT2D eigenvalue weighted by Crippen LogP contribution is 2.23. The monoisotopic (exact) mass is 595 g/mol. The van der Waals surface area contributed by atoms with Gasteiger partial charge in [-0.05, 0) is 54.3 Å². The van der Waals surface area contributed by atoms with Crippen LogP contribution in [-0.4, -0.2) is 64.0 Å². The zero-order valence-electron chi connectivity index (χ0n) is 22.7. The molecular weight excluding hydrogens is 563 g/mol. The summed E-state index contributed by atoms with van der Waals surface area (Å²) >= 11 is 1.05. The summed E-state index contributed by atoms with van der Waals surface area (Å²) in [6, 6.07) is 10.0. The Bertz CT molecular complexity index is 1640. The van der Waals surface area contributed by atoms with Gasteiger partial charge in [-0.25, -0.2) is 16.8 Å². The maximum atomic E-state index is 13.3. The largest absolute Gasteiger partial charge is 0.468 e. The molecule has 1 amide bonds. The molecular formula is C26H33N3O7S3. The van der Waals surface area contributed by atoms with Gasteiger partial charge in [0.05, 0.1) is 27.1 Å². The second-order valence-corrected chi connectivity index (χ2v) is 15.0. The van der Waals surface area contributed by atoms with Gasteiger partial charge in [0.1, 0.15) is 6.54 Å². The van der Waals surface area contributed by atoms with Crippen molar-refractivity contribution in [2.24, 2.45) is 16.8 Å². The topological polar surface area (TPSA) is 132 Å². The third-order valence-corrected chi connectivity index (χ3v) is 9.67. The van der Waals surface area contributed by atoms with Gasteiger partial charge in [-0.15, -0.1) is 0 Å². The van der Waals surface area contributed by atoms with Crippen molar-refractivity contribution in [3.8, 4) is 0 Å². The number of ether oxygens (including phenoxy) is 1. The quantitative estimate of drug-likeness (QED) is 0.329. The lowest BCUT2D eigenvalue weighted by Gasteiger charge is -2.25. The Morgan fingerprint density at radius 2 is 1.51 bits per heavy atom. The van der Waals surface area contributed by atoms with Crippen LogP contribution in [0.2, 0.25) is 0 Å². The molecule has 0 bridgehead atoms. The molecule has 0 aliphatic rings. The predicted octanol–water partition coefficient (Wildman–Crippen LogP) is 3.32. The molecule has 3 rings (SSSR count). The van der Waals surface area contributed by atoms with Crippen LogP contribution in [0, 0.1) is 11.8 Å². The molecule has 39 heavy (non-hydrogen) atoms. The Morgan fingerprint density at radius 3 is 2.03 bits per heavy atom. The van der Waals surface area contributed by atoms with Gasteiger partial charge in [0, 0.05) is 24.9 Å². The highest BCUT2D eigenvalue weighted by Gasteiger charge is 2.26. The number of aromatic nitrogens is 1. The minimum atomic E-state index is -3.76. The van der Waals surface area contributed by atoms with Crippen LogP contribution in [0.4, 0.5) is 0 Å². The van der Waals surface area contributed by atoms with Crippen LogP contribution in [0.5, 0.6) is 0 Å². The van der Waals surface area contributed by atoms with Crippen LogP contribution in [0.1, 0.15) is 38.1 Å². The van der Waals surface area contributed by atoms with E-state index < -0.39 is 31.7 Å². The zero-order valence-corrected chi connectivity index (χ0v) is 25.2. The molecule has 13 heteroatoms. The summed E-state index contributed by atoms with van der Waals surface area (Å²) in [7, 11) is -6.00. The first kappa shape index (κ1) is 30.7. The summed E-state index contributed by atoms with van der Waals surface area (Å²) in [6.45, 7) is 8.33. The summed E-state index contributed by atoms with van der Waals surface area (Å²) in [6.07, 6.45) is 1.09. The second kappa shape index (κ2) is 12.1. The van der Waals surface area contributed by atoms with Gasteiger partial charge in [0.2, 0.25) is 10.0 Å². The molecule has 0 unspecified atom stereocenters. The number of rotatable bonds is 10. The molecule has 0 aliphatic heterocycles. The van der Waals surface area contributed by atoms with Gasteiger partial charge in [-0.2, -0.15) is 9.30 Å². The number of carbonyl (C=O) groups is 2. The Balaban J connectivity index is 2.02. The highest BCUT2D eigenvalue weighted by molar-refractivity contribution is 7.90. The van der Waals surface area contributed by atoms with E-state index in [-0.39, 0.29) is 38.5 Å². The standard InChI is InChI=1S/C26H33N3O7S3/c1-17(2)14-28(15-18(3)4)39(34,35)20-9-7-19(8-10-20)25(31)27-26-29(16-24(30)36-5)22-12-11-21(38(6,32)33)13-23(22)37-26/h7-13,17-18H,14-16H2,1-6H3. The molecule has 1 heterocycles. The lowest BCUT2D eigenvalue weighted by atomic mass is 10.2. The number of hydrogen-bond acceptors (Lipinski definition) is 8. The Labute approximate surface area is 232 Å². The Kier molecular flexibility index (Phi) is 9.52. The van der Waals surface area contributed by atoms with E-state index in [0.717, 1.165) is 17.6 Å². The number of methoxy groups -OCH3 is 1. The number of benzene rings is 2. The minimum absolute atomic E-state index is 0.0799. The van der Waals surface area contributed by atoms with Crippen molar-refractivity contribution in [1.82, 2.24) is 8.87 Å². The number of fused-ring (bicyclic) bond motifs is 1. The first-order valence-electron chi connectivity index (χ1n) is 12.2. The first-order valence-corrected chi connectivity index (χ1v) is 16.4. The molecule has 0 N–H and O–H groups in total. The molecule has 0 saturated carbocycles. The zero-order chi connectivity index (χ0) is 29.1. The van der Waals surface area contributed by atoms with Gasteiger partial charge in [0.15, 0.2) is 14.6 Å². The Hall–Kier alpha value is -2.87. The van der Waals surface area contributed by atoms with Crippen LogP contribution in [0.3, 0.4) is 0 Å². The minimum Gasteiger partial charge on any atom is -0.468 e. The third-order valence-electron chi connectivity index (χ3n) is 5.67. The lowest BCUT2D eigenvalue weighted by Crippen LogP contribution is -2.37. The van der Waals surface area contributed by atoms with E-state index in [4.69, 9.17) is 4.74 Å². The normalized spacial score (nSPS) is 13.1. The van der Waals surface area contributed by atoms with Crippen LogP contribution >= 0.6 is 11.3 Å². The van der Waals surface area contributed by atoms with E-state index in [1.54, 1.807) is 6.07 Å². The van der Waals surface area contributed by atoms with Gasteiger partial charge < -0.3 is 9.30 Å². The molecule has 0 saturated heterocycles. The third kappa shape index (κ3) is 7.41. The number of esters is 1. The molecule has 0 spiro atoms. The number of sulfonamides is 1. The summed E-state index contributed by atoms with van der Waals surface area (Å²) in [5, 5.41) is 0. The highest BCUT2D eigenvalue weighted by atomic mass is 32.2. The van der Waals surface area contributed by atoms with E-state index >= 15 is 0 Å². The van der Waals surface area contributed by atoms with Crippen LogP contribution in [-0.2, 0) is 35.9 Å². The van der Waals surface area contributed by atoms with Crippen molar-refractivity contribution in [3.05, 3.63) is 52.8 Å². The molecule has 0 aliphatic carbocycles. The summed E-state index contributed by atoms with van der Waals surface area (Å²) in [4.78, 5) is 29.6. The van der Waals surface area contributed by atoms with Crippen molar-refractivity contribution in [2.45, 2.75) is 44.0 Å². The lowest BCUT2D eigenvalue weighted by molar-refractivity contribution is -0.141. The van der Waals surface area contributed by atoms with Crippen molar-refractivity contribution in [3.63, 3.8) is 0 Å². The number of thiazole rings is 1. The molecule has 0 radical (unpaired) electrons. The van der Waals surface area contributed by atoms with E-state index in [0.29, 0.717) is 23.3 Å². The van der Waals surface area contributed by atoms with E-state index in [9.17, 15) is 26.4 Å². The van der Waals surface area contributed by atoms with Crippen molar-refractivity contribution < 1.29 is 31.2 Å². The number of hydrogen-bond donors (Lipinski definition) is 0. The van der Waals surface area contributed by atoms with Crippen molar-refractivity contribution in [2.75, 3.05) is 26.5 Å². The summed E-state index contributed by atoms with van der Waals surface area (Å²) in [5.41, 5.74) is 0.674. The molecule has 10 nitrogen and oxygen atoms in total. The SMILES string of the molecule is COC(=O)Cn1c(=NC(=O)c2ccc(S(=O)(=O)N(CC(C)C)CC(C)C)cc2)sc2cc(S(C)(=O)=O)ccc21. The fourth-order valence-electron chi connectivity index (χ4n) is 3.87. The van der Waals surface area contributed by atoms with Crippen LogP contribution in [0.25, 0.3) is 10.2 Å². The average Bonchev–Trinajstić information content (AvgIpc) is 3.18. The van der Waals surface area contributed by atoms with Crippen LogP contribution in [0.15, 0.2) is 57.2 Å². The van der Waals surface area contributed by atoms with E-state index in [2.05, 4.69) is 4.99 Å². The molecule has 0 atom stereocenters. The fraction of sp³-hybridized carbons (Fsp3) is 0.423. The molecule has 212 valence electrons. The Morgan fingerprint density at radius 1 is 0.949 bits per heavy atom. The molecule has 0 fully saturated rings. The van der Waals surface area contributed by atoms with Crippen molar-refractivity contribution in [1.29, 1.82) is 0 Å². The van der Waals surface area contributed by atoms with E-state index in [1.807, 2.05) is 27.7 Å². The maximum absolute atomic E-state index is 13.3. The second-order valence-electron chi connectivity index (χ2n) is 10.00. The van der Waals surface area contributed by atoms with E-state index in [1.165, 1.54) is 52.4 Å². The number of amides is 1. The summed E-state index contributed by atoms with van der Waals surface area (Å²) < 4.78 is 58.8. The number of sulfone groups is 1. The van der Waals surface area contributed by atoms with Crippen LogP contribution < -0.4 is 4.80 Å². The molecule has 2 aromatic carbocycles. The van der Waals surface area contributed by atoms with Crippen molar-refractivity contribution >= 4 is 53.3 Å². The first-order chi connectivity index (χ1) is 18.1. The van der Waals surface area contributed by atoms with Gasteiger partial charge in [-0.1, -0.05) is 39.0 Å². The smallest absolute Gasteiger partial charge is 0.325 e. The fourth-order valence-corrected chi connectivity index (χ4v) is 7.43. The van der Waals surface area contributed by atoms with Gasteiger partial charge in [-0.3, -0.25) is 9.59 Å². The maximum Gasteiger partial charge on any atom is 0.325 e. The molecule has 1 aromatic heterocycles. The van der Waals surface area contributed by atoms with Gasteiger partial charge in [0.25, 0.3) is 5.91 Å². The number of carbonyl (C=O) groups excluding carboxylic acids is 2. The summed E-state index contributed by atoms with van der Waals surface area (Å²) in [5.74, 6) is -0.930. The average molecular weight is 596 g/mol. The predicted molar refractivity (Wildman–Crippen MR) is 150 cm³/mol. The molecule has 3 aromatic rings. The van der Waals surface area contributed by atoms with Gasteiger partial charge >= 0.3 is 5.97 Å².